The molecule has 0 rings (SSSR count). The molecule has 25 valence electrons. The maximum Gasteiger partial charge on any atom is 0.0579 e. The predicted molar refractivity (Wildman–Crippen MR) is 13.8 cm³/mol. The Labute approximate surface area is 84.7 Å². The van der Waals surface area contributed by atoms with Gasteiger partial charge in [0.1, 0.15) is 0 Å². The minimum absolute atomic E-state index is 0. The second-order valence-electron chi connectivity index (χ2n) is 0. The maximum atomic E-state index is 6.47. The zero-order valence-electron chi connectivity index (χ0n) is 2.40. The third-order valence-corrected chi connectivity index (χ3v) is 0. The van der Waals surface area contributed by atoms with Crippen LogP contribution in [0.1, 0.15) is 0 Å². The van der Waals surface area contributed by atoms with E-state index in [0.29, 0.717) is 0 Å². The summed E-state index contributed by atoms with van der Waals surface area (Å²) in [7, 11) is 0. The zero-order valence-corrected chi connectivity index (χ0v) is 10.4. The van der Waals surface area contributed by atoms with Crippen LogP contribution in [0, 0.1) is 0 Å². The molecular formula is HAlClHfOZr. The van der Waals surface area contributed by atoms with Crippen molar-refractivity contribution in [1.29, 1.82) is 0 Å². The smallest absolute Gasteiger partial charge is 0.0579 e. The fourth-order valence-electron chi connectivity index (χ4n) is 0. The van der Waals surface area contributed by atoms with Crippen LogP contribution in [0.2, 0.25) is 0 Å². The van der Waals surface area contributed by atoms with E-state index in [-0.39, 0.29) is 69.4 Å². The predicted octanol–water partition coefficient (Wildman–Crippen LogP) is -0.253. The van der Waals surface area contributed by atoms with E-state index in [1.165, 1.54) is 0 Å². The molecule has 3 radical (unpaired) electrons. The molecule has 0 aromatic carbocycles. The average Bonchev–Trinajstić information content (AvgIpc) is 1.00. The minimum atomic E-state index is 0. The first-order valence-electron chi connectivity index (χ1n) is 0.169. The monoisotopic (exact) mass is 349 g/mol. The standard InChI is InChI=1S/Al.ClHO.Hf.Zr/c;1-2;;/h;2H;;. The van der Waals surface area contributed by atoms with E-state index < -0.39 is 0 Å². The van der Waals surface area contributed by atoms with Crippen molar-refractivity contribution in [3.8, 4) is 0 Å². The molecule has 0 aliphatic carbocycles. The van der Waals surface area contributed by atoms with Crippen molar-refractivity contribution in [3.05, 3.63) is 0 Å². The number of rotatable bonds is 0. The van der Waals surface area contributed by atoms with Crippen LogP contribution in [-0.2, 0) is 52.0 Å². The molecule has 5 heavy (non-hydrogen) atoms. The third-order valence-electron chi connectivity index (χ3n) is 0. The van der Waals surface area contributed by atoms with E-state index >= 15 is 0 Å². The molecule has 0 saturated carbocycles. The molecule has 0 atom stereocenters. The van der Waals surface area contributed by atoms with E-state index in [4.69, 9.17) is 4.66 Å². The van der Waals surface area contributed by atoms with Gasteiger partial charge in [0.05, 0.1) is 11.9 Å². The quantitative estimate of drug-likeness (QED) is 0.598. The molecule has 0 heterocycles. The molecule has 0 unspecified atom stereocenters. The third kappa shape index (κ3) is 20.9. The van der Waals surface area contributed by atoms with Crippen molar-refractivity contribution in [2.45, 2.75) is 0 Å². The van der Waals surface area contributed by atoms with E-state index in [2.05, 4.69) is 11.9 Å². The van der Waals surface area contributed by atoms with E-state index in [1.807, 2.05) is 0 Å². The fraction of sp³-hybridized carbons (Fsp3) is 0. The van der Waals surface area contributed by atoms with Gasteiger partial charge in [-0.15, -0.1) is 0 Å². The Morgan fingerprint density at radius 3 is 1.20 bits per heavy atom. The van der Waals surface area contributed by atoms with Gasteiger partial charge in [-0.25, -0.2) is 0 Å². The van der Waals surface area contributed by atoms with Gasteiger partial charge in [0.2, 0.25) is 0 Å². The molecule has 0 bridgehead atoms. The molecule has 0 aromatic rings. The molecular weight excluding hydrogens is 348 g/mol. The molecule has 0 saturated heterocycles. The maximum absolute atomic E-state index is 6.47. The normalized spacial score (nSPS) is 1.20. The van der Waals surface area contributed by atoms with E-state index in [1.54, 1.807) is 0 Å². The van der Waals surface area contributed by atoms with Gasteiger partial charge in [0, 0.05) is 69.4 Å². The molecule has 1 nitrogen and oxygen atoms in total. The topological polar surface area (TPSA) is 20.2 Å². The first kappa shape index (κ1) is 25.7. The second-order valence-corrected chi connectivity index (χ2v) is 0. The number of halogens is 1. The Morgan fingerprint density at radius 2 is 1.20 bits per heavy atom. The summed E-state index contributed by atoms with van der Waals surface area (Å²) >= 11 is 3.64. The van der Waals surface area contributed by atoms with Crippen molar-refractivity contribution in [2.24, 2.45) is 0 Å². The van der Waals surface area contributed by atoms with Crippen LogP contribution in [0.4, 0.5) is 0 Å². The van der Waals surface area contributed by atoms with Gasteiger partial charge >= 0.3 is 0 Å². The average molecular weight is 349 g/mol. The second kappa shape index (κ2) is 31.1. The Balaban J connectivity index is -0.00000000167. The fourth-order valence-corrected chi connectivity index (χ4v) is 0. The molecule has 0 spiro atoms. The summed E-state index contributed by atoms with van der Waals surface area (Å²) in [6, 6.07) is 0. The Morgan fingerprint density at radius 1 is 1.20 bits per heavy atom. The molecule has 0 aromatic heterocycles. The van der Waals surface area contributed by atoms with Gasteiger partial charge in [-0.05, 0) is 0 Å². The summed E-state index contributed by atoms with van der Waals surface area (Å²) in [5.74, 6) is 0. The Kier molecular flexibility index (Phi) is 160. The Hall–Kier alpha value is 2.54. The molecule has 0 aliphatic heterocycles. The molecule has 5 heteroatoms. The first-order chi connectivity index (χ1) is 1.00. The van der Waals surface area contributed by atoms with Crippen molar-refractivity contribution in [3.63, 3.8) is 0 Å². The van der Waals surface area contributed by atoms with Crippen molar-refractivity contribution >= 4 is 29.2 Å². The van der Waals surface area contributed by atoms with Crippen molar-refractivity contribution < 1.29 is 56.7 Å². The minimum Gasteiger partial charge on any atom is -0.295 e. The summed E-state index contributed by atoms with van der Waals surface area (Å²) in [6.07, 6.45) is 0. The van der Waals surface area contributed by atoms with Crippen LogP contribution in [0.15, 0.2) is 0 Å². The summed E-state index contributed by atoms with van der Waals surface area (Å²) < 4.78 is 6.47. The van der Waals surface area contributed by atoms with Crippen molar-refractivity contribution in [2.75, 3.05) is 0 Å². The number of hydrogen-bond donors (Lipinski definition) is 1. The van der Waals surface area contributed by atoms with Crippen LogP contribution in [0.25, 0.3) is 0 Å². The van der Waals surface area contributed by atoms with Gasteiger partial charge < -0.3 is 0 Å². The van der Waals surface area contributed by atoms with Gasteiger partial charge in [-0.1, -0.05) is 0 Å². The van der Waals surface area contributed by atoms with Gasteiger partial charge in [-0.3, -0.25) is 4.66 Å². The Bertz CT molecular complexity index is 11.6. The molecule has 0 fully saturated rings. The zero-order chi connectivity index (χ0) is 2.00. The summed E-state index contributed by atoms with van der Waals surface area (Å²) in [5.41, 5.74) is 0. The SMILES string of the molecule is OCl.[Al].[Hf].[Zr]. The van der Waals surface area contributed by atoms with Crippen LogP contribution in [-0.4, -0.2) is 22.0 Å². The number of hydrogen-bond acceptors (Lipinski definition) is 1. The molecule has 1 N–H and O–H groups in total. The summed E-state index contributed by atoms with van der Waals surface area (Å²) in [4.78, 5) is 0. The summed E-state index contributed by atoms with van der Waals surface area (Å²) in [6.45, 7) is 0. The summed E-state index contributed by atoms with van der Waals surface area (Å²) in [5, 5.41) is 0. The van der Waals surface area contributed by atoms with Crippen molar-refractivity contribution in [1.82, 2.24) is 0 Å². The van der Waals surface area contributed by atoms with Crippen LogP contribution in [0.3, 0.4) is 0 Å². The van der Waals surface area contributed by atoms with E-state index in [0.717, 1.165) is 0 Å². The molecule has 0 amide bonds. The van der Waals surface area contributed by atoms with Crippen LogP contribution < -0.4 is 0 Å². The molecule has 0 aliphatic rings. The largest absolute Gasteiger partial charge is 0.295 e. The van der Waals surface area contributed by atoms with Crippen LogP contribution >= 0.6 is 11.9 Å². The van der Waals surface area contributed by atoms with E-state index in [9.17, 15) is 0 Å². The first-order valence-corrected chi connectivity index (χ1v) is 0.507. The van der Waals surface area contributed by atoms with Gasteiger partial charge in [0.15, 0.2) is 0 Å². The van der Waals surface area contributed by atoms with Crippen LogP contribution in [0.5, 0.6) is 0 Å². The van der Waals surface area contributed by atoms with Gasteiger partial charge in [0.25, 0.3) is 0 Å². The van der Waals surface area contributed by atoms with Gasteiger partial charge in [-0.2, -0.15) is 0 Å².